The smallest absolute Gasteiger partial charge is 0.240 e. The van der Waals surface area contributed by atoms with Crippen LogP contribution in [0.15, 0.2) is 30.5 Å². The van der Waals surface area contributed by atoms with Gasteiger partial charge in [-0.1, -0.05) is 12.1 Å². The Balaban J connectivity index is 2.10. The molecule has 0 saturated heterocycles. The van der Waals surface area contributed by atoms with Crippen molar-refractivity contribution in [1.29, 1.82) is 0 Å². The van der Waals surface area contributed by atoms with Crippen molar-refractivity contribution in [2.45, 2.75) is 26.1 Å². The SMILES string of the molecule is CNCc1ccc2ccn(CC(=O)NC(C)COC)c2c1. The first-order valence-corrected chi connectivity index (χ1v) is 7.14. The molecule has 1 atom stereocenters. The zero-order chi connectivity index (χ0) is 15.2. The fourth-order valence-electron chi connectivity index (χ4n) is 2.45. The maximum absolute atomic E-state index is 12.1. The summed E-state index contributed by atoms with van der Waals surface area (Å²) in [6.45, 7) is 3.59. The van der Waals surface area contributed by atoms with Crippen LogP contribution in [0.2, 0.25) is 0 Å². The highest BCUT2D eigenvalue weighted by molar-refractivity contribution is 5.83. The van der Waals surface area contributed by atoms with Gasteiger partial charge >= 0.3 is 0 Å². The zero-order valence-electron chi connectivity index (χ0n) is 12.8. The van der Waals surface area contributed by atoms with Crippen molar-refractivity contribution in [3.8, 4) is 0 Å². The molecule has 1 aromatic heterocycles. The average Bonchev–Trinajstić information content (AvgIpc) is 2.82. The van der Waals surface area contributed by atoms with E-state index in [2.05, 4.69) is 28.8 Å². The van der Waals surface area contributed by atoms with Crippen LogP contribution in [-0.4, -0.2) is 37.3 Å². The summed E-state index contributed by atoms with van der Waals surface area (Å²) in [6.07, 6.45) is 1.95. The molecule has 2 aromatic rings. The van der Waals surface area contributed by atoms with Crippen molar-refractivity contribution >= 4 is 16.8 Å². The van der Waals surface area contributed by atoms with E-state index < -0.39 is 0 Å². The number of hydrogen-bond donors (Lipinski definition) is 2. The quantitative estimate of drug-likeness (QED) is 0.812. The number of ether oxygens (including phenoxy) is 1. The summed E-state index contributed by atoms with van der Waals surface area (Å²) < 4.78 is 7.00. The van der Waals surface area contributed by atoms with E-state index in [-0.39, 0.29) is 11.9 Å². The molecule has 0 aliphatic heterocycles. The Morgan fingerprint density at radius 3 is 2.90 bits per heavy atom. The van der Waals surface area contributed by atoms with E-state index in [4.69, 9.17) is 4.74 Å². The summed E-state index contributed by atoms with van der Waals surface area (Å²) in [7, 11) is 3.55. The van der Waals surface area contributed by atoms with Crippen molar-refractivity contribution in [2.75, 3.05) is 20.8 Å². The van der Waals surface area contributed by atoms with E-state index in [1.807, 2.05) is 30.8 Å². The first kappa shape index (κ1) is 15.5. The molecule has 0 bridgehead atoms. The molecule has 1 aromatic carbocycles. The standard InChI is InChI=1S/C16H23N3O2/c1-12(11-21-3)18-16(20)10-19-7-6-14-5-4-13(9-17-2)8-15(14)19/h4-8,12,17H,9-11H2,1-3H3,(H,18,20). The van der Waals surface area contributed by atoms with Crippen LogP contribution in [0, 0.1) is 0 Å². The van der Waals surface area contributed by atoms with Gasteiger partial charge in [-0.25, -0.2) is 0 Å². The molecule has 0 aliphatic carbocycles. The minimum Gasteiger partial charge on any atom is -0.383 e. The second-order valence-electron chi connectivity index (χ2n) is 5.29. The van der Waals surface area contributed by atoms with Crippen LogP contribution in [0.5, 0.6) is 0 Å². The highest BCUT2D eigenvalue weighted by Gasteiger charge is 2.09. The van der Waals surface area contributed by atoms with Gasteiger partial charge in [-0.3, -0.25) is 4.79 Å². The Kier molecular flexibility index (Phi) is 5.36. The van der Waals surface area contributed by atoms with Gasteiger partial charge in [0.25, 0.3) is 0 Å². The summed E-state index contributed by atoms with van der Waals surface area (Å²) >= 11 is 0. The van der Waals surface area contributed by atoms with E-state index in [1.54, 1.807) is 7.11 Å². The first-order valence-electron chi connectivity index (χ1n) is 7.14. The molecule has 1 amide bonds. The lowest BCUT2D eigenvalue weighted by atomic mass is 10.1. The summed E-state index contributed by atoms with van der Waals surface area (Å²) in [5.41, 5.74) is 2.29. The fourth-order valence-corrected chi connectivity index (χ4v) is 2.45. The molecular formula is C16H23N3O2. The molecule has 5 heteroatoms. The number of rotatable bonds is 7. The number of nitrogens with zero attached hydrogens (tertiary/aromatic N) is 1. The third kappa shape index (κ3) is 4.06. The molecule has 1 unspecified atom stereocenters. The predicted octanol–water partition coefficient (Wildman–Crippen LogP) is 1.51. The van der Waals surface area contributed by atoms with E-state index in [0.29, 0.717) is 13.2 Å². The minimum atomic E-state index is -0.00364. The molecule has 0 radical (unpaired) electrons. The lowest BCUT2D eigenvalue weighted by Gasteiger charge is -2.13. The third-order valence-electron chi connectivity index (χ3n) is 3.36. The van der Waals surface area contributed by atoms with Crippen LogP contribution in [0.1, 0.15) is 12.5 Å². The number of hydrogen-bond acceptors (Lipinski definition) is 3. The Morgan fingerprint density at radius 1 is 1.38 bits per heavy atom. The Labute approximate surface area is 125 Å². The van der Waals surface area contributed by atoms with E-state index >= 15 is 0 Å². The van der Waals surface area contributed by atoms with Crippen LogP contribution in [0.3, 0.4) is 0 Å². The maximum atomic E-state index is 12.1. The van der Waals surface area contributed by atoms with Crippen LogP contribution in [-0.2, 0) is 22.6 Å². The van der Waals surface area contributed by atoms with Gasteiger partial charge in [0.15, 0.2) is 0 Å². The van der Waals surface area contributed by atoms with Crippen molar-refractivity contribution in [3.63, 3.8) is 0 Å². The first-order chi connectivity index (χ1) is 10.1. The highest BCUT2D eigenvalue weighted by Crippen LogP contribution is 2.17. The van der Waals surface area contributed by atoms with E-state index in [0.717, 1.165) is 17.4 Å². The molecule has 114 valence electrons. The van der Waals surface area contributed by atoms with Gasteiger partial charge in [0.05, 0.1) is 6.61 Å². The third-order valence-corrected chi connectivity index (χ3v) is 3.36. The topological polar surface area (TPSA) is 55.3 Å². The molecule has 0 fully saturated rings. The van der Waals surface area contributed by atoms with Crippen molar-refractivity contribution in [2.24, 2.45) is 0 Å². The molecule has 0 spiro atoms. The van der Waals surface area contributed by atoms with Crippen molar-refractivity contribution in [3.05, 3.63) is 36.0 Å². The summed E-state index contributed by atoms with van der Waals surface area (Å²) in [4.78, 5) is 12.1. The molecule has 0 saturated carbocycles. The van der Waals surface area contributed by atoms with E-state index in [9.17, 15) is 4.79 Å². The number of aromatic nitrogens is 1. The number of fused-ring (bicyclic) bond motifs is 1. The van der Waals surface area contributed by atoms with Gasteiger partial charge in [-0.05, 0) is 37.1 Å². The van der Waals surface area contributed by atoms with Gasteiger partial charge < -0.3 is 19.9 Å². The molecule has 5 nitrogen and oxygen atoms in total. The largest absolute Gasteiger partial charge is 0.383 e. The molecule has 21 heavy (non-hydrogen) atoms. The number of carbonyl (C=O) groups is 1. The summed E-state index contributed by atoms with van der Waals surface area (Å²) in [5, 5.41) is 7.21. The van der Waals surface area contributed by atoms with Crippen LogP contribution < -0.4 is 10.6 Å². The number of amides is 1. The fraction of sp³-hybridized carbons (Fsp3) is 0.438. The highest BCUT2D eigenvalue weighted by atomic mass is 16.5. The van der Waals surface area contributed by atoms with Gasteiger partial charge in [-0.15, -0.1) is 0 Å². The lowest BCUT2D eigenvalue weighted by molar-refractivity contribution is -0.122. The maximum Gasteiger partial charge on any atom is 0.240 e. The Hall–Kier alpha value is -1.85. The molecule has 1 heterocycles. The summed E-state index contributed by atoms with van der Waals surface area (Å²) in [5.74, 6) is -0.00364. The van der Waals surface area contributed by atoms with Crippen molar-refractivity contribution < 1.29 is 9.53 Å². The Morgan fingerprint density at radius 2 is 2.19 bits per heavy atom. The van der Waals surface area contributed by atoms with E-state index in [1.165, 1.54) is 5.56 Å². The zero-order valence-corrected chi connectivity index (χ0v) is 12.8. The Bertz CT molecular complexity index is 607. The number of methoxy groups -OCH3 is 1. The monoisotopic (exact) mass is 289 g/mol. The normalized spacial score (nSPS) is 12.5. The molecule has 2 N–H and O–H groups in total. The van der Waals surface area contributed by atoms with Gasteiger partial charge in [0, 0.05) is 31.4 Å². The van der Waals surface area contributed by atoms with Gasteiger partial charge in [0.1, 0.15) is 6.54 Å². The second kappa shape index (κ2) is 7.24. The minimum absolute atomic E-state index is 0.00364. The van der Waals surface area contributed by atoms with Gasteiger partial charge in [-0.2, -0.15) is 0 Å². The van der Waals surface area contributed by atoms with Crippen LogP contribution in [0.25, 0.3) is 10.9 Å². The molecule has 2 rings (SSSR count). The van der Waals surface area contributed by atoms with Crippen molar-refractivity contribution in [1.82, 2.24) is 15.2 Å². The number of carbonyl (C=O) groups excluding carboxylic acids is 1. The molecular weight excluding hydrogens is 266 g/mol. The number of nitrogens with one attached hydrogen (secondary N) is 2. The average molecular weight is 289 g/mol. The lowest BCUT2D eigenvalue weighted by Crippen LogP contribution is -2.37. The molecule has 0 aliphatic rings. The second-order valence-corrected chi connectivity index (χ2v) is 5.29. The van der Waals surface area contributed by atoms with Gasteiger partial charge in [0.2, 0.25) is 5.91 Å². The van der Waals surface area contributed by atoms with Crippen LogP contribution in [0.4, 0.5) is 0 Å². The predicted molar refractivity (Wildman–Crippen MR) is 84.2 cm³/mol. The van der Waals surface area contributed by atoms with Crippen LogP contribution >= 0.6 is 0 Å². The number of benzene rings is 1. The summed E-state index contributed by atoms with van der Waals surface area (Å²) in [6, 6.07) is 8.36.